The summed E-state index contributed by atoms with van der Waals surface area (Å²) in [5.74, 6) is 2.39. The van der Waals surface area contributed by atoms with Gasteiger partial charge in [-0.2, -0.15) is 5.10 Å². The molecule has 9 nitrogen and oxygen atoms in total. The second-order valence-electron chi connectivity index (χ2n) is 7.42. The van der Waals surface area contributed by atoms with E-state index in [-0.39, 0.29) is 17.6 Å². The molecule has 4 rings (SSSR count). The number of ether oxygens (including phenoxy) is 3. The van der Waals surface area contributed by atoms with Gasteiger partial charge in [-0.15, -0.1) is 5.10 Å². The van der Waals surface area contributed by atoms with Gasteiger partial charge in [-0.25, -0.2) is 4.98 Å². The third kappa shape index (κ3) is 4.56. The number of nitrogen functional groups attached to an aromatic ring is 1. The first kappa shape index (κ1) is 21.4. The lowest BCUT2D eigenvalue weighted by Gasteiger charge is -2.31. The fraction of sp³-hybridized carbons (Fsp3) is 0.304. The second kappa shape index (κ2) is 9.51. The number of rotatable bonds is 6. The van der Waals surface area contributed by atoms with Crippen molar-refractivity contribution in [3.8, 4) is 23.0 Å². The van der Waals surface area contributed by atoms with Gasteiger partial charge in [0.2, 0.25) is 0 Å². The molecule has 9 heteroatoms. The summed E-state index contributed by atoms with van der Waals surface area (Å²) in [5.41, 5.74) is 6.89. The highest BCUT2D eigenvalue weighted by Gasteiger charge is 2.27. The zero-order valence-corrected chi connectivity index (χ0v) is 18.0. The Morgan fingerprint density at radius 1 is 1.00 bits per heavy atom. The largest absolute Gasteiger partial charge is 0.493 e. The van der Waals surface area contributed by atoms with Gasteiger partial charge >= 0.3 is 0 Å². The molecule has 0 unspecified atom stereocenters. The first-order valence-corrected chi connectivity index (χ1v) is 10.3. The third-order valence-corrected chi connectivity index (χ3v) is 5.47. The lowest BCUT2D eigenvalue weighted by molar-refractivity contribution is 0.0705. The number of methoxy groups -OCH3 is 2. The van der Waals surface area contributed by atoms with Crippen LogP contribution in [0.3, 0.4) is 0 Å². The van der Waals surface area contributed by atoms with Crippen molar-refractivity contribution in [2.45, 2.75) is 18.8 Å². The second-order valence-corrected chi connectivity index (χ2v) is 7.42. The average molecular weight is 435 g/mol. The van der Waals surface area contributed by atoms with Crippen molar-refractivity contribution in [1.29, 1.82) is 0 Å². The summed E-state index contributed by atoms with van der Waals surface area (Å²) in [4.78, 5) is 19.1. The molecule has 0 radical (unpaired) electrons. The summed E-state index contributed by atoms with van der Waals surface area (Å²) in [6.45, 7) is 1.17. The summed E-state index contributed by atoms with van der Waals surface area (Å²) in [6.07, 6.45) is 3.04. The molecular weight excluding hydrogens is 410 g/mol. The van der Waals surface area contributed by atoms with Gasteiger partial charge in [-0.05, 0) is 25.0 Å². The Bertz CT molecular complexity index is 1080. The van der Waals surface area contributed by atoms with Crippen LogP contribution in [0.15, 0.2) is 48.7 Å². The average Bonchev–Trinajstić information content (AvgIpc) is 2.85. The number of anilines is 1. The number of pyridine rings is 1. The number of nitrogens with zero attached hydrogens (tertiary/aromatic N) is 4. The van der Waals surface area contributed by atoms with Crippen molar-refractivity contribution in [3.05, 3.63) is 60.0 Å². The molecule has 3 heterocycles. The van der Waals surface area contributed by atoms with Crippen LogP contribution in [0.25, 0.3) is 0 Å². The number of carbonyl (C=O) groups excluding carboxylic acids is 1. The maximum atomic E-state index is 13.0. The zero-order chi connectivity index (χ0) is 22.5. The van der Waals surface area contributed by atoms with Crippen molar-refractivity contribution >= 4 is 11.7 Å². The molecule has 0 spiro atoms. The molecule has 1 fully saturated rings. The van der Waals surface area contributed by atoms with Crippen LogP contribution in [0.1, 0.15) is 34.9 Å². The maximum absolute atomic E-state index is 13.0. The monoisotopic (exact) mass is 435 g/mol. The van der Waals surface area contributed by atoms with Gasteiger partial charge in [0.25, 0.3) is 5.91 Å². The lowest BCUT2D eigenvalue weighted by atomic mass is 9.93. The van der Waals surface area contributed by atoms with Gasteiger partial charge in [0.05, 0.1) is 26.1 Å². The van der Waals surface area contributed by atoms with E-state index in [1.807, 2.05) is 36.4 Å². The highest BCUT2D eigenvalue weighted by Crippen LogP contribution is 2.33. The van der Waals surface area contributed by atoms with Crippen LogP contribution in [-0.4, -0.2) is 53.3 Å². The minimum atomic E-state index is -0.144. The SMILES string of the molecule is COc1cc(C(=O)N2CCC(c3cc(OC)c(N)nn3)CC2)ncc1Oc1ccccc1. The number of piperidine rings is 1. The van der Waals surface area contributed by atoms with Crippen molar-refractivity contribution in [2.24, 2.45) is 0 Å². The van der Waals surface area contributed by atoms with E-state index in [1.165, 1.54) is 13.3 Å². The van der Waals surface area contributed by atoms with E-state index in [2.05, 4.69) is 15.2 Å². The number of likely N-dealkylation sites (tertiary alicyclic amines) is 1. The maximum Gasteiger partial charge on any atom is 0.272 e. The summed E-state index contributed by atoms with van der Waals surface area (Å²) in [7, 11) is 3.09. The number of hydrogen-bond donors (Lipinski definition) is 1. The predicted octanol–water partition coefficient (Wildman–Crippen LogP) is 3.28. The summed E-state index contributed by atoms with van der Waals surface area (Å²) < 4.78 is 16.5. The van der Waals surface area contributed by atoms with Gasteiger partial charge in [-0.1, -0.05) is 18.2 Å². The molecule has 2 aromatic heterocycles. The normalized spacial score (nSPS) is 14.1. The number of nitrogens with two attached hydrogens (primary N) is 1. The quantitative estimate of drug-likeness (QED) is 0.628. The summed E-state index contributed by atoms with van der Waals surface area (Å²) >= 11 is 0. The fourth-order valence-corrected chi connectivity index (χ4v) is 3.69. The third-order valence-electron chi connectivity index (χ3n) is 5.47. The lowest BCUT2D eigenvalue weighted by Crippen LogP contribution is -2.38. The Balaban J connectivity index is 1.42. The molecule has 3 aromatic rings. The Morgan fingerprint density at radius 2 is 1.72 bits per heavy atom. The molecule has 0 saturated carbocycles. The number of aromatic nitrogens is 3. The van der Waals surface area contributed by atoms with Gasteiger partial charge in [0, 0.05) is 31.1 Å². The Labute approximate surface area is 186 Å². The molecule has 1 aliphatic heterocycles. The van der Waals surface area contributed by atoms with E-state index in [4.69, 9.17) is 19.9 Å². The highest BCUT2D eigenvalue weighted by molar-refractivity contribution is 5.93. The van der Waals surface area contributed by atoms with Crippen LogP contribution >= 0.6 is 0 Å². The molecule has 1 aliphatic rings. The molecule has 32 heavy (non-hydrogen) atoms. The van der Waals surface area contributed by atoms with Crippen LogP contribution in [0.5, 0.6) is 23.0 Å². The predicted molar refractivity (Wildman–Crippen MR) is 118 cm³/mol. The number of benzene rings is 1. The Hall–Kier alpha value is -3.88. The van der Waals surface area contributed by atoms with Crippen LogP contribution in [0.4, 0.5) is 5.82 Å². The number of hydrogen-bond acceptors (Lipinski definition) is 8. The molecular formula is C23H25N5O4. The van der Waals surface area contributed by atoms with E-state index in [0.29, 0.717) is 41.8 Å². The van der Waals surface area contributed by atoms with E-state index >= 15 is 0 Å². The van der Waals surface area contributed by atoms with Gasteiger partial charge in [0.15, 0.2) is 23.1 Å². The molecule has 0 aliphatic carbocycles. The van der Waals surface area contributed by atoms with Crippen LogP contribution in [0.2, 0.25) is 0 Å². The summed E-state index contributed by atoms with van der Waals surface area (Å²) in [6, 6.07) is 12.8. The molecule has 1 aromatic carbocycles. The van der Waals surface area contributed by atoms with Gasteiger partial charge in [0.1, 0.15) is 11.4 Å². The molecule has 0 atom stereocenters. The van der Waals surface area contributed by atoms with Crippen molar-refractivity contribution in [1.82, 2.24) is 20.1 Å². The number of amides is 1. The van der Waals surface area contributed by atoms with Gasteiger partial charge in [-0.3, -0.25) is 4.79 Å². The first-order chi connectivity index (χ1) is 15.6. The minimum Gasteiger partial charge on any atom is -0.493 e. The Kier molecular flexibility index (Phi) is 6.34. The molecule has 2 N–H and O–H groups in total. The topological polar surface area (TPSA) is 113 Å². The van der Waals surface area contributed by atoms with Crippen molar-refractivity contribution in [2.75, 3.05) is 33.0 Å². The van der Waals surface area contributed by atoms with Crippen LogP contribution in [-0.2, 0) is 0 Å². The van der Waals surface area contributed by atoms with E-state index in [9.17, 15) is 4.79 Å². The van der Waals surface area contributed by atoms with E-state index in [1.54, 1.807) is 18.1 Å². The highest BCUT2D eigenvalue weighted by atomic mass is 16.5. The number of carbonyl (C=O) groups is 1. The summed E-state index contributed by atoms with van der Waals surface area (Å²) in [5, 5.41) is 8.17. The van der Waals surface area contributed by atoms with Gasteiger partial charge < -0.3 is 24.8 Å². The molecule has 1 saturated heterocycles. The van der Waals surface area contributed by atoms with Crippen LogP contribution in [0, 0.1) is 0 Å². The van der Waals surface area contributed by atoms with Crippen molar-refractivity contribution in [3.63, 3.8) is 0 Å². The van der Waals surface area contributed by atoms with Crippen molar-refractivity contribution < 1.29 is 19.0 Å². The molecule has 0 bridgehead atoms. The smallest absolute Gasteiger partial charge is 0.272 e. The zero-order valence-electron chi connectivity index (χ0n) is 18.0. The fourth-order valence-electron chi connectivity index (χ4n) is 3.69. The standard InChI is InChI=1S/C23H25N5O4/c1-30-19-13-18(25-14-21(19)32-16-6-4-3-5-7-16)23(29)28-10-8-15(9-11-28)17-12-20(31-2)22(24)27-26-17/h3-7,12-15H,8-11H2,1-2H3,(H2,24,27). The van der Waals surface area contributed by atoms with E-state index < -0.39 is 0 Å². The first-order valence-electron chi connectivity index (χ1n) is 10.3. The van der Waals surface area contributed by atoms with E-state index in [0.717, 1.165) is 18.5 Å². The van der Waals surface area contributed by atoms with Crippen LogP contribution < -0.4 is 19.9 Å². The Morgan fingerprint density at radius 3 is 2.41 bits per heavy atom. The minimum absolute atomic E-state index is 0.144. The molecule has 166 valence electrons. The molecule has 1 amide bonds. The number of para-hydroxylation sites is 1.